The number of furan rings is 1. The molecule has 1 aliphatic heterocycles. The number of carbonyl (C=O) groups is 2. The van der Waals surface area contributed by atoms with Crippen molar-refractivity contribution in [3.63, 3.8) is 0 Å². The molecule has 3 heterocycles. The molecule has 0 unspecified atom stereocenters. The van der Waals surface area contributed by atoms with Gasteiger partial charge in [0.15, 0.2) is 5.76 Å². The molecule has 0 spiro atoms. The molecule has 11 heteroatoms. The number of aryl methyl sites for hydroxylation is 1. The van der Waals surface area contributed by atoms with E-state index in [1.54, 1.807) is 18.5 Å². The predicted octanol–water partition coefficient (Wildman–Crippen LogP) is 3.07. The van der Waals surface area contributed by atoms with Crippen LogP contribution in [0.3, 0.4) is 0 Å². The van der Waals surface area contributed by atoms with E-state index in [1.807, 2.05) is 30.0 Å². The molecule has 2 fully saturated rings. The van der Waals surface area contributed by atoms with Crippen LogP contribution in [0, 0.1) is 6.92 Å². The van der Waals surface area contributed by atoms with Crippen LogP contribution in [-0.4, -0.2) is 64.4 Å². The maximum atomic E-state index is 12.7. The topological polar surface area (TPSA) is 102 Å². The lowest BCUT2D eigenvalue weighted by molar-refractivity contribution is -0.192. The molecule has 0 aromatic carbocycles. The highest BCUT2D eigenvalue weighted by molar-refractivity contribution is 5.92. The van der Waals surface area contributed by atoms with Gasteiger partial charge in [-0.15, -0.1) is 0 Å². The van der Waals surface area contributed by atoms with Crippen molar-refractivity contribution >= 4 is 11.9 Å². The zero-order valence-corrected chi connectivity index (χ0v) is 16.5. The second-order valence-corrected chi connectivity index (χ2v) is 7.04. The summed E-state index contributed by atoms with van der Waals surface area (Å²) in [4.78, 5) is 27.6. The van der Waals surface area contributed by atoms with Crippen molar-refractivity contribution in [2.45, 2.75) is 44.2 Å². The highest BCUT2D eigenvalue weighted by Gasteiger charge is 2.46. The van der Waals surface area contributed by atoms with Crippen LogP contribution in [-0.2, 0) is 9.53 Å². The Hall–Kier alpha value is -3.08. The Morgan fingerprint density at radius 1 is 1.26 bits per heavy atom. The van der Waals surface area contributed by atoms with Gasteiger partial charge >= 0.3 is 12.1 Å². The van der Waals surface area contributed by atoms with Gasteiger partial charge in [-0.05, 0) is 44.0 Å². The van der Waals surface area contributed by atoms with Crippen molar-refractivity contribution in [3.05, 3.63) is 48.2 Å². The Morgan fingerprint density at radius 3 is 2.58 bits per heavy atom. The molecule has 3 atom stereocenters. The Balaban J connectivity index is 0.000000339. The average Bonchev–Trinajstić information content (AvgIpc) is 3.34. The number of aromatic nitrogens is 1. The van der Waals surface area contributed by atoms with E-state index in [-0.39, 0.29) is 24.2 Å². The van der Waals surface area contributed by atoms with Crippen molar-refractivity contribution < 1.29 is 41.8 Å². The minimum atomic E-state index is -5.08. The first-order valence-corrected chi connectivity index (χ1v) is 9.52. The molecule has 1 N–H and O–H groups in total. The molecule has 1 amide bonds. The van der Waals surface area contributed by atoms with Crippen molar-refractivity contribution in [1.29, 1.82) is 0 Å². The molecule has 8 nitrogen and oxygen atoms in total. The van der Waals surface area contributed by atoms with Crippen molar-refractivity contribution in [2.75, 3.05) is 13.2 Å². The number of halogens is 3. The van der Waals surface area contributed by atoms with Gasteiger partial charge in [0.25, 0.3) is 5.91 Å². The number of amides is 1. The minimum Gasteiger partial charge on any atom is -0.486 e. The fourth-order valence-electron chi connectivity index (χ4n) is 3.58. The van der Waals surface area contributed by atoms with Crippen LogP contribution in [0.2, 0.25) is 0 Å². The van der Waals surface area contributed by atoms with E-state index in [1.165, 1.54) is 0 Å². The minimum absolute atomic E-state index is 0.0262. The standard InChI is InChI=1S/C18H20N2O4.C2HF3O2/c1-12-4-6-16(23-12)18(21)20-9-10-22-17-14(20)5-7-15(17)24-13-3-2-8-19-11-13;3-2(4,5)1(6)7/h2-4,6,8,11,14-15,17H,5,7,9-10H2,1H3;(H,6,7)/t14-,15+,17+;/m0./s1. The number of morpholine rings is 1. The number of fused-ring (bicyclic) bond motifs is 1. The summed E-state index contributed by atoms with van der Waals surface area (Å²) in [5.74, 6) is -0.954. The number of nitrogens with zero attached hydrogens (tertiary/aromatic N) is 2. The smallest absolute Gasteiger partial charge is 0.486 e. The number of carbonyl (C=O) groups excluding carboxylic acids is 1. The summed E-state index contributed by atoms with van der Waals surface area (Å²) < 4.78 is 49.2. The van der Waals surface area contributed by atoms with Crippen LogP contribution in [0.25, 0.3) is 0 Å². The number of carboxylic acid groups (broad SMARTS) is 1. The molecule has 168 valence electrons. The van der Waals surface area contributed by atoms with E-state index >= 15 is 0 Å². The SMILES string of the molecule is Cc1ccc(C(=O)N2CCO[C@H]3[C@H](Oc4cccnc4)CC[C@@H]32)o1.O=C(O)C(F)(F)F. The maximum absolute atomic E-state index is 12.7. The normalized spacial score (nSPS) is 22.8. The summed E-state index contributed by atoms with van der Waals surface area (Å²) >= 11 is 0. The van der Waals surface area contributed by atoms with Gasteiger partial charge in [0.2, 0.25) is 0 Å². The van der Waals surface area contributed by atoms with E-state index in [9.17, 15) is 18.0 Å². The summed E-state index contributed by atoms with van der Waals surface area (Å²) in [5.41, 5.74) is 0. The average molecular weight is 442 g/mol. The number of carboxylic acids is 1. The number of ether oxygens (including phenoxy) is 2. The third-order valence-corrected chi connectivity index (χ3v) is 4.91. The first-order valence-electron chi connectivity index (χ1n) is 9.52. The van der Waals surface area contributed by atoms with E-state index in [0.29, 0.717) is 18.9 Å². The molecule has 31 heavy (non-hydrogen) atoms. The van der Waals surface area contributed by atoms with Crippen LogP contribution in [0.15, 0.2) is 41.1 Å². The fraction of sp³-hybridized carbons (Fsp3) is 0.450. The number of rotatable bonds is 3. The van der Waals surface area contributed by atoms with Crippen LogP contribution >= 0.6 is 0 Å². The molecule has 4 rings (SSSR count). The maximum Gasteiger partial charge on any atom is 0.490 e. The van der Waals surface area contributed by atoms with E-state index < -0.39 is 12.1 Å². The van der Waals surface area contributed by atoms with Gasteiger partial charge in [0.05, 0.1) is 18.8 Å². The fourth-order valence-corrected chi connectivity index (χ4v) is 3.58. The molecular formula is C20H21F3N2O6. The molecule has 1 saturated carbocycles. The highest BCUT2D eigenvalue weighted by atomic mass is 19.4. The molecule has 2 aromatic rings. The van der Waals surface area contributed by atoms with Gasteiger partial charge in [-0.25, -0.2) is 4.79 Å². The molecule has 1 saturated heterocycles. The number of aliphatic carboxylic acids is 1. The summed E-state index contributed by atoms with van der Waals surface area (Å²) in [6.45, 7) is 2.94. The summed E-state index contributed by atoms with van der Waals surface area (Å²) in [5, 5.41) is 7.12. The van der Waals surface area contributed by atoms with E-state index in [0.717, 1.165) is 24.4 Å². The van der Waals surface area contributed by atoms with Crippen LogP contribution in [0.4, 0.5) is 13.2 Å². The number of hydrogen-bond donors (Lipinski definition) is 1. The Morgan fingerprint density at radius 2 is 2.00 bits per heavy atom. The second kappa shape index (κ2) is 9.38. The number of pyridine rings is 1. The second-order valence-electron chi connectivity index (χ2n) is 7.04. The van der Waals surface area contributed by atoms with Gasteiger partial charge in [0.1, 0.15) is 23.7 Å². The third-order valence-electron chi connectivity index (χ3n) is 4.91. The first-order chi connectivity index (χ1) is 14.7. The molecule has 2 aliphatic rings. The number of alkyl halides is 3. The highest BCUT2D eigenvalue weighted by Crippen LogP contribution is 2.33. The van der Waals surface area contributed by atoms with Crippen molar-refractivity contribution in [1.82, 2.24) is 9.88 Å². The Bertz CT molecular complexity index is 902. The first kappa shape index (κ1) is 22.6. The van der Waals surface area contributed by atoms with Crippen LogP contribution in [0.1, 0.15) is 29.2 Å². The van der Waals surface area contributed by atoms with Gasteiger partial charge in [-0.1, -0.05) is 0 Å². The molecule has 1 aliphatic carbocycles. The van der Waals surface area contributed by atoms with E-state index in [2.05, 4.69) is 4.98 Å². The monoisotopic (exact) mass is 442 g/mol. The van der Waals surface area contributed by atoms with E-state index in [4.69, 9.17) is 23.8 Å². The van der Waals surface area contributed by atoms with Gasteiger partial charge in [-0.2, -0.15) is 13.2 Å². The third kappa shape index (κ3) is 5.54. The Labute approximate surface area is 175 Å². The largest absolute Gasteiger partial charge is 0.490 e. The summed E-state index contributed by atoms with van der Waals surface area (Å²) in [6, 6.07) is 7.31. The number of hydrogen-bond acceptors (Lipinski definition) is 6. The molecule has 0 radical (unpaired) electrons. The predicted molar refractivity (Wildman–Crippen MR) is 99.6 cm³/mol. The Kier molecular flexibility index (Phi) is 6.84. The lowest BCUT2D eigenvalue weighted by Crippen LogP contribution is -2.54. The van der Waals surface area contributed by atoms with Gasteiger partial charge in [0, 0.05) is 12.7 Å². The lowest BCUT2D eigenvalue weighted by atomic mass is 10.1. The lowest BCUT2D eigenvalue weighted by Gasteiger charge is -2.38. The van der Waals surface area contributed by atoms with Crippen LogP contribution in [0.5, 0.6) is 5.75 Å². The molecular weight excluding hydrogens is 421 g/mol. The zero-order chi connectivity index (χ0) is 22.6. The van der Waals surface area contributed by atoms with Gasteiger partial charge < -0.3 is 23.9 Å². The zero-order valence-electron chi connectivity index (χ0n) is 16.5. The summed E-state index contributed by atoms with van der Waals surface area (Å²) in [7, 11) is 0. The quantitative estimate of drug-likeness (QED) is 0.780. The van der Waals surface area contributed by atoms with Crippen molar-refractivity contribution in [2.24, 2.45) is 0 Å². The summed E-state index contributed by atoms with van der Waals surface area (Å²) in [6.07, 6.45) is -0.128. The van der Waals surface area contributed by atoms with Gasteiger partial charge in [-0.3, -0.25) is 9.78 Å². The molecule has 0 bridgehead atoms. The van der Waals surface area contributed by atoms with Crippen LogP contribution < -0.4 is 4.74 Å². The molecule has 2 aromatic heterocycles. The van der Waals surface area contributed by atoms with Crippen molar-refractivity contribution in [3.8, 4) is 5.75 Å².